The number of H-pyrrole nitrogens is 1. The molecule has 2 aromatic rings. The first-order valence-corrected chi connectivity index (χ1v) is 7.92. The van der Waals surface area contributed by atoms with Gasteiger partial charge in [0.1, 0.15) is 17.3 Å². The van der Waals surface area contributed by atoms with Crippen molar-refractivity contribution in [3.63, 3.8) is 0 Å². The van der Waals surface area contributed by atoms with Gasteiger partial charge in [-0.05, 0) is 25.0 Å². The fraction of sp³-hybridized carbons (Fsp3) is 0.471. The molecule has 1 aliphatic carbocycles. The van der Waals surface area contributed by atoms with Crippen LogP contribution >= 0.6 is 0 Å². The zero-order valence-electron chi connectivity index (χ0n) is 12.4. The second-order valence-corrected chi connectivity index (χ2v) is 6.05. The van der Waals surface area contributed by atoms with Gasteiger partial charge in [-0.1, -0.05) is 32.1 Å². The van der Waals surface area contributed by atoms with Gasteiger partial charge in [-0.15, -0.1) is 0 Å². The van der Waals surface area contributed by atoms with Gasteiger partial charge in [0.2, 0.25) is 0 Å². The largest absolute Gasteiger partial charge is 0.350 e. The number of fused-ring (bicyclic) bond motifs is 1. The maximum Gasteiger partial charge on any atom is 0.267 e. The summed E-state index contributed by atoms with van der Waals surface area (Å²) in [6.07, 6.45) is 7.90. The number of hydrogen-bond donors (Lipinski definition) is 2. The minimum atomic E-state index is -0.656. The van der Waals surface area contributed by atoms with Crippen molar-refractivity contribution in [2.75, 3.05) is 0 Å². The van der Waals surface area contributed by atoms with Crippen LogP contribution in [0.2, 0.25) is 0 Å². The van der Waals surface area contributed by atoms with Crippen molar-refractivity contribution in [3.05, 3.63) is 35.5 Å². The molecule has 1 aromatic carbocycles. The number of rotatable bonds is 2. The molecule has 1 aromatic heterocycles. The summed E-state index contributed by atoms with van der Waals surface area (Å²) in [5.74, 6) is -1.56. The Hall–Kier alpha value is -1.91. The van der Waals surface area contributed by atoms with Crippen LogP contribution in [0.5, 0.6) is 0 Å². The SMILES string of the molecule is O=C(NC1CCCCCCC1)c1cc2c(F)cc(F)cc2[nH]1. The molecule has 0 aliphatic heterocycles. The van der Waals surface area contributed by atoms with Crippen LogP contribution < -0.4 is 5.32 Å². The van der Waals surface area contributed by atoms with Gasteiger partial charge in [0, 0.05) is 17.5 Å². The molecule has 2 N–H and O–H groups in total. The van der Waals surface area contributed by atoms with Crippen LogP contribution in [0.4, 0.5) is 8.78 Å². The van der Waals surface area contributed by atoms with Gasteiger partial charge in [-0.2, -0.15) is 0 Å². The van der Waals surface area contributed by atoms with E-state index in [1.54, 1.807) is 0 Å². The molecule has 0 bridgehead atoms. The van der Waals surface area contributed by atoms with Crippen molar-refractivity contribution in [1.29, 1.82) is 0 Å². The van der Waals surface area contributed by atoms with Gasteiger partial charge in [-0.25, -0.2) is 8.78 Å². The minimum absolute atomic E-state index is 0.167. The second-order valence-electron chi connectivity index (χ2n) is 6.05. The lowest BCUT2D eigenvalue weighted by atomic mass is 9.96. The molecule has 0 atom stereocenters. The third-order valence-electron chi connectivity index (χ3n) is 4.34. The predicted molar refractivity (Wildman–Crippen MR) is 81.8 cm³/mol. The minimum Gasteiger partial charge on any atom is -0.350 e. The average Bonchev–Trinajstić information content (AvgIpc) is 2.85. The predicted octanol–water partition coefficient (Wildman–Crippen LogP) is 4.29. The average molecular weight is 306 g/mol. The molecule has 22 heavy (non-hydrogen) atoms. The molecule has 0 radical (unpaired) electrons. The Labute approximate surface area is 128 Å². The Bertz CT molecular complexity index is 673. The van der Waals surface area contributed by atoms with Crippen LogP contribution in [-0.2, 0) is 0 Å². The van der Waals surface area contributed by atoms with Gasteiger partial charge >= 0.3 is 0 Å². The van der Waals surface area contributed by atoms with Crippen molar-refractivity contribution in [2.45, 2.75) is 51.0 Å². The van der Waals surface area contributed by atoms with E-state index in [0.717, 1.165) is 31.7 Å². The van der Waals surface area contributed by atoms with Gasteiger partial charge < -0.3 is 10.3 Å². The molecule has 1 fully saturated rings. The standard InChI is InChI=1S/C17H20F2N2O/c18-11-8-14(19)13-10-16(21-15(13)9-11)17(22)20-12-6-4-2-1-3-5-7-12/h8-10,12,21H,1-7H2,(H,20,22). The summed E-state index contributed by atoms with van der Waals surface area (Å²) >= 11 is 0. The van der Waals surface area contributed by atoms with Crippen LogP contribution in [-0.4, -0.2) is 16.9 Å². The number of carbonyl (C=O) groups excluding carboxylic acids is 1. The summed E-state index contributed by atoms with van der Waals surface area (Å²) in [6.45, 7) is 0. The normalized spacial score (nSPS) is 17.2. The monoisotopic (exact) mass is 306 g/mol. The summed E-state index contributed by atoms with van der Waals surface area (Å²) in [5, 5.41) is 3.25. The summed E-state index contributed by atoms with van der Waals surface area (Å²) in [5.41, 5.74) is 0.585. The Balaban J connectivity index is 1.75. The number of aromatic nitrogens is 1. The number of nitrogens with one attached hydrogen (secondary N) is 2. The second kappa shape index (κ2) is 6.46. The third kappa shape index (κ3) is 3.29. The third-order valence-corrected chi connectivity index (χ3v) is 4.34. The molecule has 1 saturated carbocycles. The van der Waals surface area contributed by atoms with Crippen LogP contribution in [0.15, 0.2) is 18.2 Å². The zero-order chi connectivity index (χ0) is 15.5. The van der Waals surface area contributed by atoms with Crippen molar-refractivity contribution in [1.82, 2.24) is 10.3 Å². The number of carbonyl (C=O) groups is 1. The van der Waals surface area contributed by atoms with Gasteiger partial charge in [0.25, 0.3) is 5.91 Å². The molecule has 1 heterocycles. The molecule has 5 heteroatoms. The Morgan fingerprint density at radius 3 is 2.45 bits per heavy atom. The smallest absolute Gasteiger partial charge is 0.267 e. The Kier molecular flexibility index (Phi) is 4.41. The van der Waals surface area contributed by atoms with Crippen LogP contribution in [0.25, 0.3) is 10.9 Å². The fourth-order valence-corrected chi connectivity index (χ4v) is 3.15. The molecule has 0 spiro atoms. The van der Waals surface area contributed by atoms with E-state index < -0.39 is 11.6 Å². The van der Waals surface area contributed by atoms with E-state index in [0.29, 0.717) is 5.52 Å². The van der Waals surface area contributed by atoms with Crippen molar-refractivity contribution < 1.29 is 13.6 Å². The number of benzene rings is 1. The Morgan fingerprint density at radius 1 is 1.05 bits per heavy atom. The molecule has 3 nitrogen and oxygen atoms in total. The summed E-state index contributed by atoms with van der Waals surface area (Å²) in [4.78, 5) is 15.1. The highest BCUT2D eigenvalue weighted by molar-refractivity contribution is 5.98. The van der Waals surface area contributed by atoms with E-state index in [1.165, 1.54) is 31.4 Å². The van der Waals surface area contributed by atoms with E-state index >= 15 is 0 Å². The van der Waals surface area contributed by atoms with E-state index in [4.69, 9.17) is 0 Å². The summed E-state index contributed by atoms with van der Waals surface area (Å²) in [6, 6.07) is 3.64. The number of hydrogen-bond acceptors (Lipinski definition) is 1. The van der Waals surface area contributed by atoms with Crippen molar-refractivity contribution in [3.8, 4) is 0 Å². The molecule has 1 aliphatic rings. The van der Waals surface area contributed by atoms with E-state index in [1.807, 2.05) is 0 Å². The summed E-state index contributed by atoms with van der Waals surface area (Å²) < 4.78 is 26.9. The number of aromatic amines is 1. The van der Waals surface area contributed by atoms with Crippen molar-refractivity contribution in [2.24, 2.45) is 0 Å². The lowest BCUT2D eigenvalue weighted by molar-refractivity contribution is 0.0926. The van der Waals surface area contributed by atoms with Gasteiger partial charge in [-0.3, -0.25) is 4.79 Å². The van der Waals surface area contributed by atoms with Crippen LogP contribution in [0.3, 0.4) is 0 Å². The maximum absolute atomic E-state index is 13.7. The first-order valence-electron chi connectivity index (χ1n) is 7.92. The summed E-state index contributed by atoms with van der Waals surface area (Å²) in [7, 11) is 0. The number of amides is 1. The Morgan fingerprint density at radius 2 is 1.73 bits per heavy atom. The number of halogens is 2. The maximum atomic E-state index is 13.7. The molecular weight excluding hydrogens is 286 g/mol. The first-order chi connectivity index (χ1) is 10.6. The van der Waals surface area contributed by atoms with E-state index in [2.05, 4.69) is 10.3 Å². The van der Waals surface area contributed by atoms with Crippen LogP contribution in [0, 0.1) is 11.6 Å². The molecule has 0 saturated heterocycles. The highest BCUT2D eigenvalue weighted by atomic mass is 19.1. The highest BCUT2D eigenvalue weighted by Gasteiger charge is 2.17. The lowest BCUT2D eigenvalue weighted by Crippen LogP contribution is -2.35. The van der Waals surface area contributed by atoms with Gasteiger partial charge in [0.05, 0.1) is 5.52 Å². The molecule has 118 valence electrons. The zero-order valence-corrected chi connectivity index (χ0v) is 12.4. The van der Waals surface area contributed by atoms with Gasteiger partial charge in [0.15, 0.2) is 0 Å². The van der Waals surface area contributed by atoms with E-state index in [-0.39, 0.29) is 23.0 Å². The molecule has 0 unspecified atom stereocenters. The first kappa shape index (κ1) is 15.0. The molecule has 3 rings (SSSR count). The lowest BCUT2D eigenvalue weighted by Gasteiger charge is -2.20. The fourth-order valence-electron chi connectivity index (χ4n) is 3.15. The quantitative estimate of drug-likeness (QED) is 0.854. The van der Waals surface area contributed by atoms with Crippen molar-refractivity contribution >= 4 is 16.8 Å². The van der Waals surface area contributed by atoms with Crippen LogP contribution in [0.1, 0.15) is 55.4 Å². The molecule has 1 amide bonds. The highest BCUT2D eigenvalue weighted by Crippen LogP contribution is 2.21. The molecular formula is C17H20F2N2O. The van der Waals surface area contributed by atoms with E-state index in [9.17, 15) is 13.6 Å². The topological polar surface area (TPSA) is 44.9 Å².